The molecule has 1 aromatic carbocycles. The number of hydrogen-bond donors (Lipinski definition) is 2. The molecule has 0 bridgehead atoms. The van der Waals surface area contributed by atoms with E-state index in [1.165, 1.54) is 18.2 Å². The minimum absolute atomic E-state index is 0.249. The van der Waals surface area contributed by atoms with Crippen molar-refractivity contribution in [3.63, 3.8) is 0 Å². The molecule has 0 saturated carbocycles. The summed E-state index contributed by atoms with van der Waals surface area (Å²) in [7, 11) is 0. The van der Waals surface area contributed by atoms with Crippen molar-refractivity contribution in [3.05, 3.63) is 29.8 Å². The number of anilines is 1. The van der Waals surface area contributed by atoms with Gasteiger partial charge < -0.3 is 10.4 Å². The van der Waals surface area contributed by atoms with E-state index in [0.717, 1.165) is 6.07 Å². The highest BCUT2D eigenvalue weighted by atomic mass is 19.4. The highest BCUT2D eigenvalue weighted by Gasteiger charge is 2.34. The SMILES string of the molecule is CC(C(=O)Nc1ccccc1C(F)(F)F)N1CC[C@H](O)C1. The van der Waals surface area contributed by atoms with Gasteiger partial charge in [0, 0.05) is 13.1 Å². The smallest absolute Gasteiger partial charge is 0.392 e. The highest BCUT2D eigenvalue weighted by Crippen LogP contribution is 2.34. The van der Waals surface area contributed by atoms with Gasteiger partial charge in [0.1, 0.15) is 0 Å². The van der Waals surface area contributed by atoms with Crippen molar-refractivity contribution in [1.29, 1.82) is 0 Å². The molecule has 2 rings (SSSR count). The average molecular weight is 302 g/mol. The topological polar surface area (TPSA) is 52.6 Å². The Bertz CT molecular complexity index is 519. The van der Waals surface area contributed by atoms with Gasteiger partial charge in [-0.25, -0.2) is 0 Å². The molecule has 0 aromatic heterocycles. The molecule has 1 aliphatic rings. The summed E-state index contributed by atoms with van der Waals surface area (Å²) >= 11 is 0. The van der Waals surface area contributed by atoms with Crippen molar-refractivity contribution in [2.75, 3.05) is 18.4 Å². The van der Waals surface area contributed by atoms with Crippen molar-refractivity contribution < 1.29 is 23.1 Å². The van der Waals surface area contributed by atoms with Gasteiger partial charge in [-0.05, 0) is 25.5 Å². The Hall–Kier alpha value is -1.60. The summed E-state index contributed by atoms with van der Waals surface area (Å²) in [5.41, 5.74) is -1.12. The van der Waals surface area contributed by atoms with Crippen molar-refractivity contribution in [2.24, 2.45) is 0 Å². The van der Waals surface area contributed by atoms with E-state index in [9.17, 15) is 23.1 Å². The number of carbonyl (C=O) groups excluding carboxylic acids is 1. The first-order valence-corrected chi connectivity index (χ1v) is 6.68. The van der Waals surface area contributed by atoms with Crippen LogP contribution in [0.15, 0.2) is 24.3 Å². The van der Waals surface area contributed by atoms with Crippen molar-refractivity contribution >= 4 is 11.6 Å². The number of amides is 1. The number of nitrogens with zero attached hydrogens (tertiary/aromatic N) is 1. The lowest BCUT2D eigenvalue weighted by Crippen LogP contribution is -2.41. The molecule has 2 N–H and O–H groups in total. The van der Waals surface area contributed by atoms with Gasteiger partial charge in [0.05, 0.1) is 23.4 Å². The zero-order chi connectivity index (χ0) is 15.6. The van der Waals surface area contributed by atoms with Crippen LogP contribution in [0.5, 0.6) is 0 Å². The molecule has 1 saturated heterocycles. The molecule has 1 aliphatic heterocycles. The summed E-state index contributed by atoms with van der Waals surface area (Å²) in [4.78, 5) is 13.8. The second-order valence-electron chi connectivity index (χ2n) is 5.15. The standard InChI is InChI=1S/C14H17F3N2O2/c1-9(19-7-6-10(20)8-19)13(21)18-12-5-3-2-4-11(12)14(15,16)17/h2-5,9-10,20H,6-8H2,1H3,(H,18,21)/t9?,10-/m0/s1. The van der Waals surface area contributed by atoms with Crippen molar-refractivity contribution in [1.82, 2.24) is 4.90 Å². The van der Waals surface area contributed by atoms with Gasteiger partial charge in [0.25, 0.3) is 0 Å². The van der Waals surface area contributed by atoms with E-state index in [-0.39, 0.29) is 5.69 Å². The molecule has 1 unspecified atom stereocenters. The van der Waals surface area contributed by atoms with Gasteiger partial charge in [0.15, 0.2) is 0 Å². The van der Waals surface area contributed by atoms with Gasteiger partial charge in [-0.1, -0.05) is 12.1 Å². The summed E-state index contributed by atoms with van der Waals surface area (Å²) in [6, 6.07) is 4.28. The number of halogens is 3. The van der Waals surface area contributed by atoms with E-state index in [2.05, 4.69) is 5.32 Å². The minimum atomic E-state index is -4.52. The van der Waals surface area contributed by atoms with Crippen LogP contribution in [0.4, 0.5) is 18.9 Å². The molecule has 1 amide bonds. The molecule has 7 heteroatoms. The van der Waals surface area contributed by atoms with Crippen LogP contribution in [0.2, 0.25) is 0 Å². The van der Waals surface area contributed by atoms with Crippen molar-refractivity contribution in [2.45, 2.75) is 31.7 Å². The second kappa shape index (κ2) is 6.03. The normalized spacial score (nSPS) is 21.3. The summed E-state index contributed by atoms with van der Waals surface area (Å²) in [6.07, 6.45) is -4.43. The number of nitrogens with one attached hydrogen (secondary N) is 1. The molecule has 4 nitrogen and oxygen atoms in total. The number of aliphatic hydroxyl groups excluding tert-OH is 1. The molecule has 0 spiro atoms. The average Bonchev–Trinajstić information content (AvgIpc) is 2.84. The van der Waals surface area contributed by atoms with Gasteiger partial charge in [-0.3, -0.25) is 9.69 Å². The van der Waals surface area contributed by atoms with Gasteiger partial charge in [0.2, 0.25) is 5.91 Å². The third-order valence-corrected chi connectivity index (χ3v) is 3.61. The number of rotatable bonds is 3. The number of aliphatic hydroxyl groups is 1. The maximum Gasteiger partial charge on any atom is 0.418 e. The minimum Gasteiger partial charge on any atom is -0.392 e. The molecule has 1 heterocycles. The number of likely N-dealkylation sites (tertiary alicyclic amines) is 1. The fraction of sp³-hybridized carbons (Fsp3) is 0.500. The molecule has 2 atom stereocenters. The van der Waals surface area contributed by atoms with Crippen LogP contribution >= 0.6 is 0 Å². The highest BCUT2D eigenvalue weighted by molar-refractivity contribution is 5.95. The summed E-state index contributed by atoms with van der Waals surface area (Å²) in [5.74, 6) is -0.513. The van der Waals surface area contributed by atoms with E-state index >= 15 is 0 Å². The summed E-state index contributed by atoms with van der Waals surface area (Å²) in [6.45, 7) is 2.52. The predicted molar refractivity (Wildman–Crippen MR) is 71.7 cm³/mol. The molecule has 1 aromatic rings. The quantitative estimate of drug-likeness (QED) is 0.899. The fourth-order valence-electron chi connectivity index (χ4n) is 2.36. The fourth-order valence-corrected chi connectivity index (χ4v) is 2.36. The predicted octanol–water partition coefficient (Wildman–Crippen LogP) is 2.10. The molecular weight excluding hydrogens is 285 g/mol. The molecule has 0 aliphatic carbocycles. The van der Waals surface area contributed by atoms with Gasteiger partial charge in [-0.15, -0.1) is 0 Å². The van der Waals surface area contributed by atoms with Gasteiger partial charge in [-0.2, -0.15) is 13.2 Å². The Morgan fingerprint density at radius 3 is 2.67 bits per heavy atom. The third kappa shape index (κ3) is 3.74. The number of benzene rings is 1. The van der Waals surface area contributed by atoms with E-state index in [4.69, 9.17) is 0 Å². The zero-order valence-corrected chi connectivity index (χ0v) is 11.5. The Labute approximate surface area is 120 Å². The monoisotopic (exact) mass is 302 g/mol. The van der Waals surface area contributed by atoms with Crippen LogP contribution in [0.3, 0.4) is 0 Å². The summed E-state index contributed by atoms with van der Waals surface area (Å²) < 4.78 is 38.6. The lowest BCUT2D eigenvalue weighted by Gasteiger charge is -2.23. The first-order valence-electron chi connectivity index (χ1n) is 6.68. The Morgan fingerprint density at radius 2 is 2.10 bits per heavy atom. The van der Waals surface area contributed by atoms with E-state index < -0.39 is 29.8 Å². The lowest BCUT2D eigenvalue weighted by molar-refractivity contribution is -0.137. The first-order chi connectivity index (χ1) is 9.79. The lowest BCUT2D eigenvalue weighted by atomic mass is 10.1. The van der Waals surface area contributed by atoms with Crippen LogP contribution in [0, 0.1) is 0 Å². The number of carbonyl (C=O) groups is 1. The van der Waals surface area contributed by atoms with Gasteiger partial charge >= 0.3 is 6.18 Å². The molecule has 1 fully saturated rings. The zero-order valence-electron chi connectivity index (χ0n) is 11.5. The van der Waals surface area contributed by atoms with Crippen LogP contribution in [-0.4, -0.2) is 41.1 Å². The van der Waals surface area contributed by atoms with E-state index in [0.29, 0.717) is 19.5 Å². The van der Waals surface area contributed by atoms with Crippen LogP contribution in [0.1, 0.15) is 18.9 Å². The maximum absolute atomic E-state index is 12.9. The summed E-state index contributed by atoms with van der Waals surface area (Å²) in [5, 5.41) is 11.8. The van der Waals surface area contributed by atoms with Crippen LogP contribution in [-0.2, 0) is 11.0 Å². The molecule has 0 radical (unpaired) electrons. The van der Waals surface area contributed by atoms with E-state index in [1.807, 2.05) is 0 Å². The van der Waals surface area contributed by atoms with E-state index in [1.54, 1.807) is 11.8 Å². The maximum atomic E-state index is 12.9. The first kappa shape index (κ1) is 15.8. The number of alkyl halides is 3. The molecule has 116 valence electrons. The molecule has 21 heavy (non-hydrogen) atoms. The van der Waals surface area contributed by atoms with Crippen LogP contribution < -0.4 is 5.32 Å². The second-order valence-corrected chi connectivity index (χ2v) is 5.15. The number of para-hydroxylation sites is 1. The van der Waals surface area contributed by atoms with Crippen LogP contribution in [0.25, 0.3) is 0 Å². The largest absolute Gasteiger partial charge is 0.418 e. The number of hydrogen-bond acceptors (Lipinski definition) is 3. The Balaban J connectivity index is 2.10. The number of β-amino-alcohol motifs (C(OH)–C–C–N with tert-alkyl or cyclic N) is 1. The Kier molecular flexibility index (Phi) is 4.53. The van der Waals surface area contributed by atoms with Crippen molar-refractivity contribution in [3.8, 4) is 0 Å². The molecular formula is C14H17F3N2O2. The Morgan fingerprint density at radius 1 is 1.43 bits per heavy atom. The third-order valence-electron chi connectivity index (χ3n) is 3.61.